The van der Waals surface area contributed by atoms with E-state index in [1.807, 2.05) is 24.3 Å². The monoisotopic (exact) mass is 293 g/mol. The molecule has 0 bridgehead atoms. The molecule has 118 valence electrons. The molecule has 2 atom stereocenters. The number of aliphatic hydroxyl groups excluding tert-OH is 2. The summed E-state index contributed by atoms with van der Waals surface area (Å²) >= 11 is 0. The molecule has 0 amide bonds. The van der Waals surface area contributed by atoms with Crippen molar-refractivity contribution in [3.05, 3.63) is 35.4 Å². The van der Waals surface area contributed by atoms with Crippen molar-refractivity contribution in [3.8, 4) is 0 Å². The van der Waals surface area contributed by atoms with Gasteiger partial charge in [0.15, 0.2) is 0 Å². The number of hydrogen-bond donors (Lipinski definition) is 4. The fourth-order valence-corrected chi connectivity index (χ4v) is 3.13. The van der Waals surface area contributed by atoms with Crippen molar-refractivity contribution >= 4 is 0 Å². The average Bonchev–Trinajstić information content (AvgIpc) is 2.52. The fraction of sp³-hybridized carbons (Fsp3) is 0.647. The lowest BCUT2D eigenvalue weighted by Gasteiger charge is -2.32. The van der Waals surface area contributed by atoms with Gasteiger partial charge in [0.25, 0.3) is 0 Å². The van der Waals surface area contributed by atoms with Gasteiger partial charge in [0.2, 0.25) is 0 Å². The second-order valence-corrected chi connectivity index (χ2v) is 6.31. The second kappa shape index (κ2) is 7.36. The Hall–Kier alpha value is -0.940. The van der Waals surface area contributed by atoms with Gasteiger partial charge < -0.3 is 21.1 Å². The zero-order valence-electron chi connectivity index (χ0n) is 12.5. The lowest BCUT2D eigenvalue weighted by molar-refractivity contribution is -0.00343. The summed E-state index contributed by atoms with van der Waals surface area (Å²) in [5.74, 6) is 0. The van der Waals surface area contributed by atoms with E-state index in [9.17, 15) is 10.2 Å². The molecule has 1 aliphatic carbocycles. The first-order valence-corrected chi connectivity index (χ1v) is 7.90. The van der Waals surface area contributed by atoms with E-state index in [1.54, 1.807) is 0 Å². The van der Waals surface area contributed by atoms with Gasteiger partial charge in [0, 0.05) is 0 Å². The zero-order chi connectivity index (χ0) is 15.3. The van der Waals surface area contributed by atoms with E-state index in [0.29, 0.717) is 0 Å². The van der Waals surface area contributed by atoms with Crippen LogP contribution in [0.25, 0.3) is 0 Å². The maximum absolute atomic E-state index is 10.5. The lowest BCUT2D eigenvalue weighted by atomic mass is 9.81. The molecule has 1 saturated carbocycles. The summed E-state index contributed by atoms with van der Waals surface area (Å²) < 4.78 is 0. The largest absolute Gasteiger partial charge is 0.394 e. The molecule has 0 aromatic heterocycles. The van der Waals surface area contributed by atoms with Gasteiger partial charge in [0.1, 0.15) is 0 Å². The van der Waals surface area contributed by atoms with E-state index >= 15 is 0 Å². The molecule has 4 nitrogen and oxygen atoms in total. The van der Waals surface area contributed by atoms with Gasteiger partial charge in [-0.2, -0.15) is 0 Å². The average molecular weight is 293 g/mol. The van der Waals surface area contributed by atoms with Crippen LogP contribution in [0.15, 0.2) is 24.3 Å². The first-order valence-electron chi connectivity index (χ1n) is 7.90. The molecule has 0 spiro atoms. The van der Waals surface area contributed by atoms with Crippen molar-refractivity contribution in [1.29, 1.82) is 0 Å². The Morgan fingerprint density at radius 3 is 2.57 bits per heavy atom. The van der Waals surface area contributed by atoms with Crippen molar-refractivity contribution in [3.63, 3.8) is 0 Å². The molecule has 1 aromatic carbocycles. The number of aryl methyl sites for hydroxylation is 1. The Bertz CT molecular complexity index is 443. The third kappa shape index (κ3) is 4.51. The summed E-state index contributed by atoms with van der Waals surface area (Å²) in [5.41, 5.74) is 7.35. The van der Waals surface area contributed by atoms with Crippen molar-refractivity contribution < 1.29 is 15.3 Å². The zero-order valence-corrected chi connectivity index (χ0v) is 12.5. The van der Waals surface area contributed by atoms with Crippen LogP contribution < -0.4 is 5.73 Å². The highest BCUT2D eigenvalue weighted by Gasteiger charge is 2.28. The van der Waals surface area contributed by atoms with E-state index in [0.717, 1.165) is 49.7 Å². The Morgan fingerprint density at radius 2 is 1.90 bits per heavy atom. The van der Waals surface area contributed by atoms with Crippen LogP contribution >= 0.6 is 0 Å². The van der Waals surface area contributed by atoms with Crippen LogP contribution in [0.5, 0.6) is 0 Å². The van der Waals surface area contributed by atoms with Crippen LogP contribution in [0.3, 0.4) is 0 Å². The molecule has 5 N–H and O–H groups in total. The molecule has 1 fully saturated rings. The minimum absolute atomic E-state index is 0.342. The molecule has 4 heteroatoms. The first-order chi connectivity index (χ1) is 10.0. The fourth-order valence-electron chi connectivity index (χ4n) is 3.13. The van der Waals surface area contributed by atoms with Crippen molar-refractivity contribution in [2.75, 3.05) is 6.61 Å². The molecule has 0 saturated heterocycles. The molecule has 21 heavy (non-hydrogen) atoms. The number of aliphatic hydroxyl groups is 3. The van der Waals surface area contributed by atoms with Crippen LogP contribution in [-0.2, 0) is 6.42 Å². The second-order valence-electron chi connectivity index (χ2n) is 6.31. The number of rotatable bonds is 6. The maximum Gasteiger partial charge on any atom is 0.0962 e. The van der Waals surface area contributed by atoms with Crippen LogP contribution in [0.2, 0.25) is 0 Å². The highest BCUT2D eigenvalue weighted by Crippen LogP contribution is 2.32. The van der Waals surface area contributed by atoms with Crippen molar-refractivity contribution in [2.24, 2.45) is 5.73 Å². The number of nitrogens with two attached hydrogens (primary N) is 1. The molecule has 1 aromatic rings. The van der Waals surface area contributed by atoms with Gasteiger partial charge in [0.05, 0.1) is 24.4 Å². The van der Waals surface area contributed by atoms with Gasteiger partial charge in [-0.1, -0.05) is 43.5 Å². The lowest BCUT2D eigenvalue weighted by Crippen LogP contribution is -2.32. The van der Waals surface area contributed by atoms with Gasteiger partial charge in [-0.05, 0) is 36.8 Å². The Kier molecular flexibility index (Phi) is 5.76. The van der Waals surface area contributed by atoms with Gasteiger partial charge in [-0.15, -0.1) is 0 Å². The predicted octanol–water partition coefficient (Wildman–Crippen LogP) is 1.67. The van der Waals surface area contributed by atoms with Gasteiger partial charge in [-0.3, -0.25) is 0 Å². The van der Waals surface area contributed by atoms with Crippen LogP contribution in [-0.4, -0.2) is 33.6 Å². The van der Waals surface area contributed by atoms with Crippen molar-refractivity contribution in [2.45, 2.75) is 62.7 Å². The molecular weight excluding hydrogens is 266 g/mol. The maximum atomic E-state index is 10.5. The molecule has 0 radical (unpaired) electrons. The summed E-state index contributed by atoms with van der Waals surface area (Å²) in [5, 5.41) is 29.2. The predicted molar refractivity (Wildman–Crippen MR) is 82.8 cm³/mol. The van der Waals surface area contributed by atoms with Gasteiger partial charge >= 0.3 is 0 Å². The third-order valence-electron chi connectivity index (χ3n) is 4.60. The van der Waals surface area contributed by atoms with Crippen LogP contribution in [0.4, 0.5) is 0 Å². The molecule has 1 unspecified atom stereocenters. The molecule has 1 aliphatic rings. The Balaban J connectivity index is 1.97. The molecular formula is C17H27NO3. The van der Waals surface area contributed by atoms with Crippen LogP contribution in [0.1, 0.15) is 55.7 Å². The van der Waals surface area contributed by atoms with E-state index in [2.05, 4.69) is 0 Å². The smallest absolute Gasteiger partial charge is 0.0962 e. The first kappa shape index (κ1) is 16.4. The van der Waals surface area contributed by atoms with E-state index in [1.165, 1.54) is 6.42 Å². The Morgan fingerprint density at radius 1 is 1.19 bits per heavy atom. The van der Waals surface area contributed by atoms with E-state index in [-0.39, 0.29) is 6.61 Å². The van der Waals surface area contributed by atoms with Crippen molar-refractivity contribution in [1.82, 2.24) is 0 Å². The SMILES string of the molecule is NC(c1cccc(CCC2(O)CCCCC2)c1)[C@@H](O)CO. The standard InChI is InChI=1S/C17H27NO3/c18-16(15(20)12-19)14-6-4-5-13(11-14)7-10-17(21)8-2-1-3-9-17/h4-6,11,15-16,19-21H,1-3,7-10,12,18H2/t15-,16?/m0/s1. The molecule has 2 rings (SSSR count). The minimum Gasteiger partial charge on any atom is -0.394 e. The van der Waals surface area contributed by atoms with E-state index < -0.39 is 17.7 Å². The molecule has 0 heterocycles. The highest BCUT2D eigenvalue weighted by atomic mass is 16.3. The number of benzene rings is 1. The van der Waals surface area contributed by atoms with Gasteiger partial charge in [-0.25, -0.2) is 0 Å². The Labute approximate surface area is 126 Å². The topological polar surface area (TPSA) is 86.7 Å². The summed E-state index contributed by atoms with van der Waals surface area (Å²) in [6.07, 6.45) is 5.90. The molecule has 0 aliphatic heterocycles. The van der Waals surface area contributed by atoms with Crippen LogP contribution in [0, 0.1) is 0 Å². The quantitative estimate of drug-likeness (QED) is 0.642. The number of hydrogen-bond acceptors (Lipinski definition) is 4. The summed E-state index contributed by atoms with van der Waals surface area (Å²) in [6, 6.07) is 7.19. The summed E-state index contributed by atoms with van der Waals surface area (Å²) in [6.45, 7) is -0.342. The summed E-state index contributed by atoms with van der Waals surface area (Å²) in [4.78, 5) is 0. The normalized spacial score (nSPS) is 21.0. The highest BCUT2D eigenvalue weighted by molar-refractivity contribution is 5.27. The third-order valence-corrected chi connectivity index (χ3v) is 4.60. The summed E-state index contributed by atoms with van der Waals surface area (Å²) in [7, 11) is 0. The minimum atomic E-state index is -0.942. The van der Waals surface area contributed by atoms with E-state index in [4.69, 9.17) is 10.8 Å².